The lowest BCUT2D eigenvalue weighted by atomic mass is 9.95. The van der Waals surface area contributed by atoms with Crippen LogP contribution in [0.5, 0.6) is 11.5 Å². The Labute approximate surface area is 157 Å². The Balaban J connectivity index is 1.65. The van der Waals surface area contributed by atoms with Crippen molar-refractivity contribution in [3.8, 4) is 11.5 Å². The topological polar surface area (TPSA) is 50.8 Å². The van der Waals surface area contributed by atoms with E-state index < -0.39 is 0 Å². The Morgan fingerprint density at radius 1 is 1.19 bits per heavy atom. The second-order valence-corrected chi connectivity index (χ2v) is 8.00. The summed E-state index contributed by atoms with van der Waals surface area (Å²) in [5.74, 6) is 2.75. The number of nitrogens with zero attached hydrogens (tertiary/aromatic N) is 1. The van der Waals surface area contributed by atoms with E-state index in [9.17, 15) is 4.79 Å². The minimum Gasteiger partial charge on any atom is -0.490 e. The van der Waals surface area contributed by atoms with Crippen molar-refractivity contribution < 1.29 is 14.3 Å². The third kappa shape index (κ3) is 4.91. The van der Waals surface area contributed by atoms with Gasteiger partial charge in [0.2, 0.25) is 5.91 Å². The standard InChI is InChI=1S/C21H32N2O3/c1-15(2)21(22-20(24)14-23-9-7-16(3)8-10-23)17-5-6-18-19(13-17)26-12-4-11-25-18/h5-6,13,15-16,21H,4,7-12,14H2,1-3H3,(H,22,24)/t21-/m0/s1. The van der Waals surface area contributed by atoms with Crippen molar-refractivity contribution in [1.29, 1.82) is 0 Å². The molecule has 0 radical (unpaired) electrons. The van der Waals surface area contributed by atoms with E-state index in [0.29, 0.717) is 25.7 Å². The number of amides is 1. The quantitative estimate of drug-likeness (QED) is 0.874. The van der Waals surface area contributed by atoms with Crippen LogP contribution in [-0.2, 0) is 4.79 Å². The molecule has 5 nitrogen and oxygen atoms in total. The number of rotatable bonds is 5. The maximum Gasteiger partial charge on any atom is 0.234 e. The summed E-state index contributed by atoms with van der Waals surface area (Å²) in [5.41, 5.74) is 1.07. The van der Waals surface area contributed by atoms with Crippen molar-refractivity contribution >= 4 is 5.91 Å². The Morgan fingerprint density at radius 3 is 2.58 bits per heavy atom. The lowest BCUT2D eigenvalue weighted by molar-refractivity contribution is -0.123. The second-order valence-electron chi connectivity index (χ2n) is 8.00. The summed E-state index contributed by atoms with van der Waals surface area (Å²) in [4.78, 5) is 14.9. The van der Waals surface area contributed by atoms with E-state index in [1.165, 1.54) is 12.8 Å². The molecular formula is C21H32N2O3. The molecule has 1 N–H and O–H groups in total. The molecule has 1 amide bonds. The molecular weight excluding hydrogens is 328 g/mol. The van der Waals surface area contributed by atoms with Crippen LogP contribution in [0, 0.1) is 11.8 Å². The molecule has 2 aliphatic heterocycles. The number of hydrogen-bond acceptors (Lipinski definition) is 4. The summed E-state index contributed by atoms with van der Waals surface area (Å²) in [6.45, 7) is 10.4. The first-order valence-corrected chi connectivity index (χ1v) is 9.94. The molecule has 0 bridgehead atoms. The van der Waals surface area contributed by atoms with E-state index in [2.05, 4.69) is 31.0 Å². The van der Waals surface area contributed by atoms with Crippen LogP contribution >= 0.6 is 0 Å². The second kappa shape index (κ2) is 8.76. The number of nitrogens with one attached hydrogen (secondary N) is 1. The van der Waals surface area contributed by atoms with Crippen LogP contribution < -0.4 is 14.8 Å². The molecule has 26 heavy (non-hydrogen) atoms. The van der Waals surface area contributed by atoms with Gasteiger partial charge in [0.1, 0.15) is 0 Å². The van der Waals surface area contributed by atoms with Crippen LogP contribution in [0.4, 0.5) is 0 Å². The van der Waals surface area contributed by atoms with Gasteiger partial charge in [0.25, 0.3) is 0 Å². The summed E-state index contributed by atoms with van der Waals surface area (Å²) < 4.78 is 11.5. The van der Waals surface area contributed by atoms with Gasteiger partial charge in [-0.1, -0.05) is 26.8 Å². The van der Waals surface area contributed by atoms with Gasteiger partial charge >= 0.3 is 0 Å². The molecule has 0 saturated carbocycles. The van der Waals surface area contributed by atoms with Gasteiger partial charge in [-0.05, 0) is 55.5 Å². The zero-order valence-corrected chi connectivity index (χ0v) is 16.3. The fourth-order valence-electron chi connectivity index (χ4n) is 3.65. The van der Waals surface area contributed by atoms with Crippen molar-refractivity contribution in [2.24, 2.45) is 11.8 Å². The summed E-state index contributed by atoms with van der Waals surface area (Å²) >= 11 is 0. The van der Waals surface area contributed by atoms with E-state index in [1.54, 1.807) is 0 Å². The van der Waals surface area contributed by atoms with Gasteiger partial charge in [-0.2, -0.15) is 0 Å². The van der Waals surface area contributed by atoms with Gasteiger partial charge in [-0.3, -0.25) is 9.69 Å². The van der Waals surface area contributed by atoms with Crippen molar-refractivity contribution in [3.63, 3.8) is 0 Å². The Bertz CT molecular complexity index is 609. The molecule has 1 saturated heterocycles. The number of carbonyl (C=O) groups is 1. The van der Waals surface area contributed by atoms with Crippen LogP contribution in [0.15, 0.2) is 18.2 Å². The molecule has 0 aliphatic carbocycles. The SMILES string of the molecule is CC1CCN(CC(=O)N[C@H](c2ccc3c(c2)OCCCO3)C(C)C)CC1. The van der Waals surface area contributed by atoms with E-state index in [-0.39, 0.29) is 11.9 Å². The first-order chi connectivity index (χ1) is 12.5. The zero-order chi connectivity index (χ0) is 18.5. The average Bonchev–Trinajstić information content (AvgIpc) is 2.86. The lowest BCUT2D eigenvalue weighted by Gasteiger charge is -2.31. The minimum atomic E-state index is -0.0247. The summed E-state index contributed by atoms with van der Waals surface area (Å²) in [6, 6.07) is 6.00. The normalized spacial score (nSPS) is 19.8. The van der Waals surface area contributed by atoms with E-state index >= 15 is 0 Å². The molecule has 1 fully saturated rings. The van der Waals surface area contributed by atoms with Crippen LogP contribution in [0.2, 0.25) is 0 Å². The van der Waals surface area contributed by atoms with Gasteiger partial charge in [-0.25, -0.2) is 0 Å². The highest BCUT2D eigenvalue weighted by atomic mass is 16.5. The molecule has 0 spiro atoms. The molecule has 1 atom stereocenters. The predicted molar refractivity (Wildman–Crippen MR) is 103 cm³/mol. The summed E-state index contributed by atoms with van der Waals surface area (Å²) in [7, 11) is 0. The zero-order valence-electron chi connectivity index (χ0n) is 16.3. The Kier molecular flexibility index (Phi) is 6.41. The predicted octanol–water partition coefficient (Wildman–Crippen LogP) is 3.39. The first kappa shape index (κ1) is 19.0. The number of benzene rings is 1. The van der Waals surface area contributed by atoms with Crippen molar-refractivity contribution in [2.75, 3.05) is 32.8 Å². The monoisotopic (exact) mass is 360 g/mol. The molecule has 1 aromatic carbocycles. The Morgan fingerprint density at radius 2 is 1.88 bits per heavy atom. The number of carbonyl (C=O) groups excluding carboxylic acids is 1. The number of fused-ring (bicyclic) bond motifs is 1. The van der Waals surface area contributed by atoms with Gasteiger partial charge < -0.3 is 14.8 Å². The Hall–Kier alpha value is -1.75. The number of piperidine rings is 1. The van der Waals surface area contributed by atoms with Gasteiger partial charge in [0, 0.05) is 6.42 Å². The van der Waals surface area contributed by atoms with Gasteiger partial charge in [0.05, 0.1) is 25.8 Å². The molecule has 0 unspecified atom stereocenters. The average molecular weight is 360 g/mol. The largest absolute Gasteiger partial charge is 0.490 e. The number of ether oxygens (including phenoxy) is 2. The number of hydrogen-bond donors (Lipinski definition) is 1. The van der Waals surface area contributed by atoms with Crippen molar-refractivity contribution in [2.45, 2.75) is 46.1 Å². The lowest BCUT2D eigenvalue weighted by Crippen LogP contribution is -2.43. The smallest absolute Gasteiger partial charge is 0.234 e. The molecule has 1 aromatic rings. The van der Waals surface area contributed by atoms with Crippen molar-refractivity contribution in [3.05, 3.63) is 23.8 Å². The summed E-state index contributed by atoms with van der Waals surface area (Å²) in [6.07, 6.45) is 3.26. The van der Waals surface area contributed by atoms with E-state index in [1.807, 2.05) is 18.2 Å². The van der Waals surface area contributed by atoms with Crippen LogP contribution in [-0.4, -0.2) is 43.7 Å². The molecule has 3 rings (SSSR count). The van der Waals surface area contributed by atoms with E-state index in [4.69, 9.17) is 9.47 Å². The van der Waals surface area contributed by atoms with Crippen LogP contribution in [0.25, 0.3) is 0 Å². The van der Waals surface area contributed by atoms with Gasteiger partial charge in [0.15, 0.2) is 11.5 Å². The van der Waals surface area contributed by atoms with Crippen LogP contribution in [0.3, 0.4) is 0 Å². The van der Waals surface area contributed by atoms with Crippen molar-refractivity contribution in [1.82, 2.24) is 10.2 Å². The molecule has 2 heterocycles. The van der Waals surface area contributed by atoms with Crippen LogP contribution in [0.1, 0.15) is 51.6 Å². The molecule has 2 aliphatic rings. The maximum atomic E-state index is 12.6. The van der Waals surface area contributed by atoms with E-state index in [0.717, 1.165) is 42.5 Å². The van der Waals surface area contributed by atoms with Gasteiger partial charge in [-0.15, -0.1) is 0 Å². The highest BCUT2D eigenvalue weighted by molar-refractivity contribution is 5.78. The molecule has 144 valence electrons. The fourth-order valence-corrected chi connectivity index (χ4v) is 3.65. The number of likely N-dealkylation sites (tertiary alicyclic amines) is 1. The fraction of sp³-hybridized carbons (Fsp3) is 0.667. The molecule has 0 aromatic heterocycles. The highest BCUT2D eigenvalue weighted by Gasteiger charge is 2.23. The third-order valence-corrected chi connectivity index (χ3v) is 5.36. The summed E-state index contributed by atoms with van der Waals surface area (Å²) in [5, 5.41) is 3.24. The molecule has 5 heteroatoms. The third-order valence-electron chi connectivity index (χ3n) is 5.36. The minimum absolute atomic E-state index is 0.0247. The first-order valence-electron chi connectivity index (χ1n) is 9.94. The maximum absolute atomic E-state index is 12.6. The highest BCUT2D eigenvalue weighted by Crippen LogP contribution is 2.34.